The summed E-state index contributed by atoms with van der Waals surface area (Å²) in [5.41, 5.74) is 0. The quantitative estimate of drug-likeness (QED) is 0.763. The molecule has 0 atom stereocenters. The predicted molar refractivity (Wildman–Crippen MR) is 59.3 cm³/mol. The lowest BCUT2D eigenvalue weighted by atomic mass is 10.3. The molecule has 3 heteroatoms. The Balaban J connectivity index is 0.000000151. The normalized spacial score (nSPS) is 14.4. The first-order valence-corrected chi connectivity index (χ1v) is 4.90. The Morgan fingerprint density at radius 2 is 2.00 bits per heavy atom. The second-order valence-corrected chi connectivity index (χ2v) is 3.21. The van der Waals surface area contributed by atoms with E-state index in [1.165, 1.54) is 0 Å². The van der Waals surface area contributed by atoms with Crippen molar-refractivity contribution in [2.24, 2.45) is 0 Å². The maximum atomic E-state index is 10.7. The summed E-state index contributed by atoms with van der Waals surface area (Å²) in [5.74, 6) is 0.530. The number of likely N-dealkylation sites (tertiary alicyclic amines) is 1. The maximum absolute atomic E-state index is 10.7. The first-order valence-electron chi connectivity index (χ1n) is 4.90. The Morgan fingerprint density at radius 1 is 1.33 bits per heavy atom. The minimum atomic E-state index is 0.208. The molecule has 80 valence electrons. The summed E-state index contributed by atoms with van der Waals surface area (Å²) in [6.45, 7) is 4.36. The van der Waals surface area contributed by atoms with E-state index in [9.17, 15) is 4.79 Å². The largest absolute Gasteiger partial charge is 0.508 e. The molecule has 1 aromatic carbocycles. The third-order valence-electron chi connectivity index (χ3n) is 2.09. The van der Waals surface area contributed by atoms with Gasteiger partial charge in [-0.3, -0.25) is 4.79 Å². The molecule has 1 heterocycles. The second kappa shape index (κ2) is 5.86. The van der Waals surface area contributed by atoms with Crippen molar-refractivity contribution in [1.82, 2.24) is 4.90 Å². The number of carbonyl (C=O) groups excluding carboxylic acids is 1. The molecule has 2 rings (SSSR count). The van der Waals surface area contributed by atoms with Gasteiger partial charge >= 0.3 is 0 Å². The van der Waals surface area contributed by atoms with Crippen molar-refractivity contribution < 1.29 is 9.90 Å². The van der Waals surface area contributed by atoms with E-state index in [4.69, 9.17) is 5.11 Å². The van der Waals surface area contributed by atoms with Crippen LogP contribution in [0.1, 0.15) is 12.8 Å². The van der Waals surface area contributed by atoms with Crippen molar-refractivity contribution in [3.05, 3.63) is 43.1 Å². The lowest BCUT2D eigenvalue weighted by molar-refractivity contribution is -0.125. The second-order valence-electron chi connectivity index (χ2n) is 3.21. The van der Waals surface area contributed by atoms with Crippen LogP contribution in [-0.2, 0) is 4.79 Å². The summed E-state index contributed by atoms with van der Waals surface area (Å²) in [7, 11) is 0. The molecule has 1 aliphatic heterocycles. The minimum absolute atomic E-state index is 0.208. The average Bonchev–Trinajstić information content (AvgIpc) is 2.66. The highest BCUT2D eigenvalue weighted by Crippen LogP contribution is 2.08. The topological polar surface area (TPSA) is 40.5 Å². The number of hydrogen-bond donors (Lipinski definition) is 1. The van der Waals surface area contributed by atoms with Gasteiger partial charge in [-0.1, -0.05) is 24.8 Å². The number of amides is 1. The molecule has 0 bridgehead atoms. The Hall–Kier alpha value is -1.77. The van der Waals surface area contributed by atoms with Crippen LogP contribution in [0.2, 0.25) is 0 Å². The summed E-state index contributed by atoms with van der Waals surface area (Å²) in [5, 5.41) is 8.63. The van der Waals surface area contributed by atoms with E-state index < -0.39 is 0 Å². The van der Waals surface area contributed by atoms with E-state index in [-0.39, 0.29) is 5.91 Å². The summed E-state index contributed by atoms with van der Waals surface area (Å²) in [4.78, 5) is 12.3. The van der Waals surface area contributed by atoms with Crippen molar-refractivity contribution in [3.63, 3.8) is 0 Å². The first kappa shape index (κ1) is 11.3. The van der Waals surface area contributed by atoms with E-state index in [1.54, 1.807) is 35.4 Å². The van der Waals surface area contributed by atoms with Crippen molar-refractivity contribution in [2.75, 3.05) is 6.54 Å². The Bertz CT molecular complexity index is 322. The van der Waals surface area contributed by atoms with E-state index in [2.05, 4.69) is 6.58 Å². The highest BCUT2D eigenvalue weighted by molar-refractivity contribution is 5.78. The van der Waals surface area contributed by atoms with Crippen LogP contribution in [0.3, 0.4) is 0 Å². The molecule has 0 spiro atoms. The number of aromatic hydroxyl groups is 1. The van der Waals surface area contributed by atoms with Crippen molar-refractivity contribution in [1.29, 1.82) is 0 Å². The zero-order valence-corrected chi connectivity index (χ0v) is 8.60. The molecule has 15 heavy (non-hydrogen) atoms. The van der Waals surface area contributed by atoms with Gasteiger partial charge in [-0.25, -0.2) is 0 Å². The maximum Gasteiger partial charge on any atom is 0.226 e. The van der Waals surface area contributed by atoms with Gasteiger partial charge in [0.25, 0.3) is 0 Å². The van der Waals surface area contributed by atoms with Gasteiger partial charge in [0.1, 0.15) is 5.75 Å². The monoisotopic (exact) mass is 205 g/mol. The van der Waals surface area contributed by atoms with Gasteiger partial charge < -0.3 is 10.0 Å². The molecule has 0 unspecified atom stereocenters. The van der Waals surface area contributed by atoms with Gasteiger partial charge in [0.05, 0.1) is 0 Å². The van der Waals surface area contributed by atoms with Gasteiger partial charge in [0, 0.05) is 13.0 Å². The molecule has 1 saturated heterocycles. The molecule has 1 N–H and O–H groups in total. The number of hydrogen-bond acceptors (Lipinski definition) is 2. The Morgan fingerprint density at radius 3 is 2.27 bits per heavy atom. The van der Waals surface area contributed by atoms with Crippen molar-refractivity contribution >= 4 is 5.91 Å². The molecular formula is C12H15NO2. The predicted octanol–water partition coefficient (Wildman–Crippen LogP) is 2.14. The number of para-hydroxylation sites is 1. The fourth-order valence-electron chi connectivity index (χ4n) is 1.29. The smallest absolute Gasteiger partial charge is 0.226 e. The zero-order valence-electron chi connectivity index (χ0n) is 8.60. The summed E-state index contributed by atoms with van der Waals surface area (Å²) < 4.78 is 0. The van der Waals surface area contributed by atoms with E-state index in [0.717, 1.165) is 13.0 Å². The van der Waals surface area contributed by atoms with Gasteiger partial charge in [0.2, 0.25) is 5.91 Å². The van der Waals surface area contributed by atoms with Gasteiger partial charge in [-0.2, -0.15) is 0 Å². The SMILES string of the molecule is C=CN1CCCC1=O.Oc1ccccc1. The Labute approximate surface area is 89.6 Å². The van der Waals surface area contributed by atoms with E-state index in [1.807, 2.05) is 6.07 Å². The van der Waals surface area contributed by atoms with Crippen LogP contribution in [-0.4, -0.2) is 22.5 Å². The van der Waals surface area contributed by atoms with Crippen LogP contribution >= 0.6 is 0 Å². The number of phenolic OH excluding ortho intramolecular Hbond substituents is 1. The summed E-state index contributed by atoms with van der Waals surface area (Å²) >= 11 is 0. The standard InChI is InChI=1S/C6H9NO.C6H6O/c1-2-7-5-3-4-6(7)8;7-6-4-2-1-3-5-6/h2H,1,3-5H2;1-5,7H. The van der Waals surface area contributed by atoms with Crippen molar-refractivity contribution in [3.8, 4) is 5.75 Å². The third kappa shape index (κ3) is 3.85. The van der Waals surface area contributed by atoms with Gasteiger partial charge in [-0.15, -0.1) is 0 Å². The molecule has 3 nitrogen and oxygen atoms in total. The molecule has 0 aliphatic carbocycles. The summed E-state index contributed by atoms with van der Waals surface area (Å²) in [6.07, 6.45) is 3.28. The molecule has 0 saturated carbocycles. The average molecular weight is 205 g/mol. The minimum Gasteiger partial charge on any atom is -0.508 e. The van der Waals surface area contributed by atoms with Crippen LogP contribution < -0.4 is 0 Å². The number of carbonyl (C=O) groups is 1. The van der Waals surface area contributed by atoms with E-state index in [0.29, 0.717) is 12.2 Å². The van der Waals surface area contributed by atoms with Crippen LogP contribution in [0.5, 0.6) is 5.75 Å². The highest BCUT2D eigenvalue weighted by Gasteiger charge is 2.15. The fourth-order valence-corrected chi connectivity index (χ4v) is 1.29. The highest BCUT2D eigenvalue weighted by atomic mass is 16.3. The molecule has 0 aromatic heterocycles. The number of phenols is 1. The van der Waals surface area contributed by atoms with E-state index >= 15 is 0 Å². The number of rotatable bonds is 1. The Kier molecular flexibility index (Phi) is 4.41. The molecule has 1 fully saturated rings. The van der Waals surface area contributed by atoms with Crippen LogP contribution in [0.25, 0.3) is 0 Å². The first-order chi connectivity index (χ1) is 7.24. The molecular weight excluding hydrogens is 190 g/mol. The molecule has 1 amide bonds. The summed E-state index contributed by atoms with van der Waals surface area (Å²) in [6, 6.07) is 8.71. The fraction of sp³-hybridized carbons (Fsp3) is 0.250. The lowest BCUT2D eigenvalue weighted by Gasteiger charge is -2.05. The van der Waals surface area contributed by atoms with Crippen LogP contribution in [0.4, 0.5) is 0 Å². The van der Waals surface area contributed by atoms with Crippen molar-refractivity contribution in [2.45, 2.75) is 12.8 Å². The van der Waals surface area contributed by atoms with Crippen LogP contribution in [0.15, 0.2) is 43.1 Å². The van der Waals surface area contributed by atoms with Crippen LogP contribution in [0, 0.1) is 0 Å². The molecule has 0 radical (unpaired) electrons. The zero-order chi connectivity index (χ0) is 11.1. The molecule has 1 aromatic rings. The lowest BCUT2D eigenvalue weighted by Crippen LogP contribution is -2.16. The number of benzene rings is 1. The number of nitrogens with zero attached hydrogens (tertiary/aromatic N) is 1. The van der Waals surface area contributed by atoms with Gasteiger partial charge in [0.15, 0.2) is 0 Å². The van der Waals surface area contributed by atoms with Gasteiger partial charge in [-0.05, 0) is 24.8 Å². The molecule has 1 aliphatic rings. The third-order valence-corrected chi connectivity index (χ3v) is 2.09.